The van der Waals surface area contributed by atoms with Gasteiger partial charge < -0.3 is 19.5 Å². The summed E-state index contributed by atoms with van der Waals surface area (Å²) in [4.78, 5) is 24.1. The van der Waals surface area contributed by atoms with E-state index in [1.807, 2.05) is 20.8 Å². The molecule has 0 aromatic carbocycles. The van der Waals surface area contributed by atoms with Gasteiger partial charge in [0.15, 0.2) is 0 Å². The molecule has 0 heterocycles. The van der Waals surface area contributed by atoms with Crippen LogP contribution in [0.4, 0.5) is 4.79 Å². The summed E-state index contributed by atoms with van der Waals surface area (Å²) in [5.74, 6) is -0.839. The van der Waals surface area contributed by atoms with Gasteiger partial charge in [-0.1, -0.05) is 0 Å². The summed E-state index contributed by atoms with van der Waals surface area (Å²) in [7, 11) is 1.77. The van der Waals surface area contributed by atoms with Crippen LogP contribution in [0.25, 0.3) is 0 Å². The van der Waals surface area contributed by atoms with Crippen molar-refractivity contribution in [3.8, 4) is 0 Å². The maximum atomic E-state index is 12.0. The van der Waals surface area contributed by atoms with E-state index >= 15 is 0 Å². The predicted molar refractivity (Wildman–Crippen MR) is 78.2 cm³/mol. The molecule has 1 aliphatic rings. The summed E-state index contributed by atoms with van der Waals surface area (Å²) in [5, 5.41) is 8.57. The summed E-state index contributed by atoms with van der Waals surface area (Å²) in [6, 6.07) is 0.166. The highest BCUT2D eigenvalue weighted by atomic mass is 16.6. The van der Waals surface area contributed by atoms with Gasteiger partial charge in [-0.25, -0.2) is 4.79 Å². The molecule has 0 aromatic heterocycles. The summed E-state index contributed by atoms with van der Waals surface area (Å²) >= 11 is 0. The third kappa shape index (κ3) is 6.80. The van der Waals surface area contributed by atoms with Crippen LogP contribution in [0.5, 0.6) is 0 Å². The highest BCUT2D eigenvalue weighted by Crippen LogP contribution is 2.25. The number of nitrogens with zero attached hydrogens (tertiary/aromatic N) is 1. The van der Waals surface area contributed by atoms with Crippen LogP contribution in [0.1, 0.15) is 52.9 Å². The molecule has 0 saturated heterocycles. The fourth-order valence-corrected chi connectivity index (χ4v) is 2.40. The molecule has 0 atom stereocenters. The molecule has 1 N–H and O–H groups in total. The fraction of sp³-hybridized carbons (Fsp3) is 0.867. The summed E-state index contributed by atoms with van der Waals surface area (Å²) in [6.45, 7) is 5.82. The quantitative estimate of drug-likeness (QED) is 0.845. The lowest BCUT2D eigenvalue weighted by molar-refractivity contribution is -0.138. The molecule has 0 spiro atoms. The Kier molecular flexibility index (Phi) is 6.45. The van der Waals surface area contributed by atoms with Crippen molar-refractivity contribution >= 4 is 12.1 Å². The van der Waals surface area contributed by atoms with E-state index in [0.29, 0.717) is 0 Å². The van der Waals surface area contributed by atoms with Crippen LogP contribution in [0.3, 0.4) is 0 Å². The van der Waals surface area contributed by atoms with E-state index < -0.39 is 11.6 Å². The maximum Gasteiger partial charge on any atom is 0.410 e. The Morgan fingerprint density at radius 3 is 2.24 bits per heavy atom. The first-order valence-electron chi connectivity index (χ1n) is 7.48. The Balaban J connectivity index is 2.31. The minimum atomic E-state index is -0.839. The standard InChI is InChI=1S/C15H27NO5/c1-15(2,3)21-14(19)16(4)11-5-7-12(8-6-11)20-10-9-13(17)18/h11-12H,5-10H2,1-4H3,(H,17,18). The van der Waals surface area contributed by atoms with Crippen LogP contribution >= 0.6 is 0 Å². The number of rotatable bonds is 5. The SMILES string of the molecule is CN(C(=O)OC(C)(C)C)C1CCC(OCCC(=O)O)CC1. The molecule has 0 aromatic rings. The molecule has 1 saturated carbocycles. The van der Waals surface area contributed by atoms with E-state index in [-0.39, 0.29) is 31.3 Å². The van der Waals surface area contributed by atoms with Gasteiger partial charge in [-0.15, -0.1) is 0 Å². The molecule has 0 unspecified atom stereocenters. The molecule has 1 fully saturated rings. The number of aliphatic carboxylic acids is 1. The number of carbonyl (C=O) groups is 2. The largest absolute Gasteiger partial charge is 0.481 e. The fourth-order valence-electron chi connectivity index (χ4n) is 2.40. The second kappa shape index (κ2) is 7.64. The van der Waals surface area contributed by atoms with Crippen LogP contribution < -0.4 is 0 Å². The number of hydrogen-bond donors (Lipinski definition) is 1. The Hall–Kier alpha value is -1.30. The average Bonchev–Trinajstić information content (AvgIpc) is 2.36. The number of carboxylic acids is 1. The molecular formula is C15H27NO5. The van der Waals surface area contributed by atoms with Crippen LogP contribution in [0.15, 0.2) is 0 Å². The summed E-state index contributed by atoms with van der Waals surface area (Å²) in [6.07, 6.45) is 3.25. The Morgan fingerprint density at radius 2 is 1.76 bits per heavy atom. The zero-order valence-electron chi connectivity index (χ0n) is 13.4. The van der Waals surface area contributed by atoms with Gasteiger partial charge in [0.1, 0.15) is 5.60 Å². The van der Waals surface area contributed by atoms with Crippen molar-refractivity contribution in [1.29, 1.82) is 0 Å². The summed E-state index contributed by atoms with van der Waals surface area (Å²) < 4.78 is 10.9. The monoisotopic (exact) mass is 301 g/mol. The lowest BCUT2D eigenvalue weighted by Crippen LogP contribution is -2.43. The van der Waals surface area contributed by atoms with E-state index in [1.54, 1.807) is 11.9 Å². The van der Waals surface area contributed by atoms with Crippen LogP contribution in [-0.4, -0.2) is 53.5 Å². The molecule has 6 nitrogen and oxygen atoms in total. The first kappa shape index (κ1) is 17.8. The zero-order valence-corrected chi connectivity index (χ0v) is 13.4. The lowest BCUT2D eigenvalue weighted by atomic mass is 9.92. The van der Waals surface area contributed by atoms with Gasteiger partial charge in [-0.2, -0.15) is 0 Å². The van der Waals surface area contributed by atoms with Crippen molar-refractivity contribution in [1.82, 2.24) is 4.90 Å². The molecule has 21 heavy (non-hydrogen) atoms. The lowest BCUT2D eigenvalue weighted by Gasteiger charge is -2.35. The zero-order chi connectivity index (χ0) is 16.0. The number of ether oxygens (including phenoxy) is 2. The van der Waals surface area contributed by atoms with E-state index in [2.05, 4.69) is 0 Å². The van der Waals surface area contributed by atoms with Gasteiger partial charge in [-0.05, 0) is 46.5 Å². The van der Waals surface area contributed by atoms with E-state index in [4.69, 9.17) is 14.6 Å². The normalized spacial score (nSPS) is 22.7. The topological polar surface area (TPSA) is 76.1 Å². The smallest absolute Gasteiger partial charge is 0.410 e. The second-order valence-electron chi connectivity index (χ2n) is 6.54. The van der Waals surface area contributed by atoms with Crippen molar-refractivity contribution in [2.45, 2.75) is 70.6 Å². The highest BCUT2D eigenvalue weighted by molar-refractivity contribution is 5.68. The van der Waals surface area contributed by atoms with E-state index in [0.717, 1.165) is 25.7 Å². The summed E-state index contributed by atoms with van der Waals surface area (Å²) in [5.41, 5.74) is -0.484. The number of carboxylic acid groups (broad SMARTS) is 1. The van der Waals surface area contributed by atoms with Crippen LogP contribution in [-0.2, 0) is 14.3 Å². The molecule has 1 rings (SSSR count). The van der Waals surface area contributed by atoms with Crippen molar-refractivity contribution in [3.63, 3.8) is 0 Å². The molecule has 0 radical (unpaired) electrons. The Labute approximate surface area is 126 Å². The maximum absolute atomic E-state index is 12.0. The van der Waals surface area contributed by atoms with Gasteiger partial charge in [-0.3, -0.25) is 4.79 Å². The third-order valence-corrected chi connectivity index (χ3v) is 3.54. The van der Waals surface area contributed by atoms with Crippen LogP contribution in [0, 0.1) is 0 Å². The molecular weight excluding hydrogens is 274 g/mol. The Morgan fingerprint density at radius 1 is 1.19 bits per heavy atom. The van der Waals surface area contributed by atoms with E-state index in [9.17, 15) is 9.59 Å². The number of hydrogen-bond acceptors (Lipinski definition) is 4. The van der Waals surface area contributed by atoms with E-state index in [1.165, 1.54) is 0 Å². The van der Waals surface area contributed by atoms with Crippen molar-refractivity contribution in [3.05, 3.63) is 0 Å². The first-order valence-corrected chi connectivity index (χ1v) is 7.48. The average molecular weight is 301 g/mol. The van der Waals surface area contributed by atoms with Gasteiger partial charge >= 0.3 is 12.1 Å². The predicted octanol–water partition coefficient (Wildman–Crippen LogP) is 2.66. The van der Waals surface area contributed by atoms with Crippen molar-refractivity contribution in [2.75, 3.05) is 13.7 Å². The minimum absolute atomic E-state index is 0.0394. The van der Waals surface area contributed by atoms with Crippen LogP contribution in [0.2, 0.25) is 0 Å². The highest BCUT2D eigenvalue weighted by Gasteiger charge is 2.29. The van der Waals surface area contributed by atoms with Gasteiger partial charge in [0.25, 0.3) is 0 Å². The molecule has 0 bridgehead atoms. The first-order chi connectivity index (χ1) is 9.69. The second-order valence-corrected chi connectivity index (χ2v) is 6.54. The van der Waals surface area contributed by atoms with Crippen molar-refractivity contribution < 1.29 is 24.2 Å². The van der Waals surface area contributed by atoms with Gasteiger partial charge in [0.05, 0.1) is 19.1 Å². The molecule has 1 aliphatic carbocycles. The molecule has 1 amide bonds. The van der Waals surface area contributed by atoms with Gasteiger partial charge in [0.2, 0.25) is 0 Å². The molecule has 0 aliphatic heterocycles. The molecule has 122 valence electrons. The van der Waals surface area contributed by atoms with Gasteiger partial charge in [0, 0.05) is 13.1 Å². The minimum Gasteiger partial charge on any atom is -0.481 e. The number of carbonyl (C=O) groups excluding carboxylic acids is 1. The van der Waals surface area contributed by atoms with Crippen molar-refractivity contribution in [2.24, 2.45) is 0 Å². The number of amides is 1. The Bertz CT molecular complexity index is 356. The third-order valence-electron chi connectivity index (χ3n) is 3.54. The molecule has 6 heteroatoms.